The summed E-state index contributed by atoms with van der Waals surface area (Å²) in [6.07, 6.45) is -4.92. The van der Waals surface area contributed by atoms with Crippen molar-refractivity contribution in [2.24, 2.45) is 0 Å². The number of halogens is 4. The monoisotopic (exact) mass is 315 g/mol. The van der Waals surface area contributed by atoms with Crippen LogP contribution >= 0.6 is 11.6 Å². The topological polar surface area (TPSA) is 60.2 Å². The normalized spacial score (nSPS) is 13.6. The van der Waals surface area contributed by atoms with Crippen molar-refractivity contribution in [3.05, 3.63) is 22.7 Å². The van der Waals surface area contributed by atoms with E-state index in [4.69, 9.17) is 17.3 Å². The van der Waals surface area contributed by atoms with Crippen molar-refractivity contribution in [2.45, 2.75) is 36.6 Å². The van der Waals surface area contributed by atoms with Crippen LogP contribution in [0.2, 0.25) is 5.02 Å². The number of nitrogen functional groups attached to an aromatic ring is 1. The molecule has 0 aliphatic rings. The number of sulfone groups is 1. The summed E-state index contributed by atoms with van der Waals surface area (Å²) in [5, 5.41) is -0.274. The summed E-state index contributed by atoms with van der Waals surface area (Å²) in [4.78, 5) is -0.573. The largest absolute Gasteiger partial charge is 0.408 e. The van der Waals surface area contributed by atoms with Crippen molar-refractivity contribution in [3.8, 4) is 0 Å². The SMILES string of the molecule is Cc1c(N)ccc(Cl)c1S(=O)(=O)C(C)(C)C(F)(F)F. The average molecular weight is 316 g/mol. The van der Waals surface area contributed by atoms with E-state index in [2.05, 4.69) is 0 Å². The summed E-state index contributed by atoms with van der Waals surface area (Å²) in [6.45, 7) is 2.52. The van der Waals surface area contributed by atoms with Crippen LogP contribution in [0.5, 0.6) is 0 Å². The second-order valence-electron chi connectivity index (χ2n) is 4.60. The molecule has 108 valence electrons. The lowest BCUT2D eigenvalue weighted by molar-refractivity contribution is -0.153. The molecule has 1 aromatic carbocycles. The minimum atomic E-state index is -4.92. The van der Waals surface area contributed by atoms with Gasteiger partial charge in [0.2, 0.25) is 0 Å². The number of alkyl halides is 3. The van der Waals surface area contributed by atoms with Crippen LogP contribution in [-0.4, -0.2) is 19.3 Å². The first-order chi connectivity index (χ1) is 8.34. The van der Waals surface area contributed by atoms with Gasteiger partial charge in [0.05, 0.1) is 9.92 Å². The molecule has 1 rings (SSSR count). The van der Waals surface area contributed by atoms with E-state index in [1.54, 1.807) is 0 Å². The lowest BCUT2D eigenvalue weighted by Crippen LogP contribution is -2.46. The predicted octanol–water partition coefficient (Wildman–Crippen LogP) is 3.35. The number of anilines is 1. The van der Waals surface area contributed by atoms with Crippen LogP contribution in [0.3, 0.4) is 0 Å². The molecule has 19 heavy (non-hydrogen) atoms. The Balaban J connectivity index is 3.68. The molecule has 0 spiro atoms. The van der Waals surface area contributed by atoms with E-state index in [-0.39, 0.29) is 16.3 Å². The van der Waals surface area contributed by atoms with E-state index in [1.807, 2.05) is 0 Å². The lowest BCUT2D eigenvalue weighted by Gasteiger charge is -2.28. The van der Waals surface area contributed by atoms with Crippen LogP contribution in [0, 0.1) is 6.92 Å². The Bertz CT molecular complexity index is 609. The van der Waals surface area contributed by atoms with Crippen molar-refractivity contribution in [2.75, 3.05) is 5.73 Å². The standard InChI is InChI=1S/C11H13ClF3NO2S/c1-6-8(16)5-4-7(12)9(6)19(17,18)10(2,3)11(13,14)15/h4-5H,16H2,1-3H3. The first-order valence-electron chi connectivity index (χ1n) is 5.20. The molecule has 3 nitrogen and oxygen atoms in total. The second-order valence-corrected chi connectivity index (χ2v) is 7.45. The van der Waals surface area contributed by atoms with Gasteiger partial charge in [-0.1, -0.05) is 11.6 Å². The number of nitrogens with two attached hydrogens (primary N) is 1. The Morgan fingerprint density at radius 1 is 1.21 bits per heavy atom. The van der Waals surface area contributed by atoms with Crippen LogP contribution in [0.1, 0.15) is 19.4 Å². The Labute approximate surface area is 114 Å². The van der Waals surface area contributed by atoms with Gasteiger partial charge in [-0.2, -0.15) is 13.2 Å². The van der Waals surface area contributed by atoms with E-state index in [9.17, 15) is 21.6 Å². The third-order valence-electron chi connectivity index (χ3n) is 3.02. The minimum Gasteiger partial charge on any atom is -0.398 e. The van der Waals surface area contributed by atoms with Crippen LogP contribution in [0.25, 0.3) is 0 Å². The third kappa shape index (κ3) is 2.41. The van der Waals surface area contributed by atoms with Gasteiger partial charge in [0.15, 0.2) is 14.6 Å². The average Bonchev–Trinajstić information content (AvgIpc) is 2.22. The summed E-state index contributed by atoms with van der Waals surface area (Å²) in [7, 11) is -4.72. The predicted molar refractivity (Wildman–Crippen MR) is 67.9 cm³/mol. The summed E-state index contributed by atoms with van der Waals surface area (Å²) in [5.74, 6) is 0. The Morgan fingerprint density at radius 2 is 1.68 bits per heavy atom. The van der Waals surface area contributed by atoms with E-state index < -0.39 is 25.7 Å². The number of hydrogen-bond donors (Lipinski definition) is 1. The molecule has 0 aliphatic heterocycles. The summed E-state index contributed by atoms with van der Waals surface area (Å²) >= 11 is 5.74. The van der Waals surface area contributed by atoms with Gasteiger partial charge in [0, 0.05) is 5.69 Å². The molecule has 0 heterocycles. The van der Waals surface area contributed by atoms with Gasteiger partial charge in [-0.05, 0) is 38.5 Å². The Hall–Kier alpha value is -0.950. The molecule has 0 aromatic heterocycles. The molecular formula is C11H13ClF3NO2S. The van der Waals surface area contributed by atoms with Crippen molar-refractivity contribution >= 4 is 27.1 Å². The van der Waals surface area contributed by atoms with Gasteiger partial charge in [-0.25, -0.2) is 8.42 Å². The van der Waals surface area contributed by atoms with E-state index in [1.165, 1.54) is 19.1 Å². The highest BCUT2D eigenvalue weighted by atomic mass is 35.5. The van der Waals surface area contributed by atoms with E-state index in [0.29, 0.717) is 13.8 Å². The summed E-state index contributed by atoms with van der Waals surface area (Å²) in [6, 6.07) is 2.51. The maximum atomic E-state index is 12.9. The second kappa shape index (κ2) is 4.56. The fraction of sp³-hybridized carbons (Fsp3) is 0.455. The number of rotatable bonds is 2. The first-order valence-corrected chi connectivity index (χ1v) is 7.06. The fourth-order valence-electron chi connectivity index (χ4n) is 1.41. The zero-order chi connectivity index (χ0) is 15.2. The van der Waals surface area contributed by atoms with Crippen molar-refractivity contribution in [1.29, 1.82) is 0 Å². The smallest absolute Gasteiger partial charge is 0.398 e. The fourth-order valence-corrected chi connectivity index (χ4v) is 3.58. The maximum absolute atomic E-state index is 12.9. The molecule has 0 radical (unpaired) electrons. The molecule has 0 unspecified atom stereocenters. The molecule has 0 fully saturated rings. The zero-order valence-electron chi connectivity index (χ0n) is 10.5. The molecule has 8 heteroatoms. The van der Waals surface area contributed by atoms with Crippen LogP contribution in [-0.2, 0) is 9.84 Å². The number of hydrogen-bond acceptors (Lipinski definition) is 3. The molecule has 0 aliphatic carbocycles. The Kier molecular flexibility index (Phi) is 3.86. The zero-order valence-corrected chi connectivity index (χ0v) is 12.0. The highest BCUT2D eigenvalue weighted by molar-refractivity contribution is 7.93. The molecule has 0 amide bonds. The third-order valence-corrected chi connectivity index (χ3v) is 6.09. The molecule has 2 N–H and O–H groups in total. The maximum Gasteiger partial charge on any atom is 0.408 e. The highest BCUT2D eigenvalue weighted by Crippen LogP contribution is 2.43. The quantitative estimate of drug-likeness (QED) is 0.851. The van der Waals surface area contributed by atoms with Crippen LogP contribution in [0.4, 0.5) is 18.9 Å². The van der Waals surface area contributed by atoms with Gasteiger partial charge in [0.1, 0.15) is 0 Å². The summed E-state index contributed by atoms with van der Waals surface area (Å²) < 4.78 is 60.3. The summed E-state index contributed by atoms with van der Waals surface area (Å²) in [5.41, 5.74) is 5.62. The minimum absolute atomic E-state index is 0.0184. The van der Waals surface area contributed by atoms with Gasteiger partial charge in [-0.3, -0.25) is 0 Å². The van der Waals surface area contributed by atoms with Crippen molar-refractivity contribution in [1.82, 2.24) is 0 Å². The molecule has 0 atom stereocenters. The first kappa shape index (κ1) is 16.1. The molecule has 0 bridgehead atoms. The highest BCUT2D eigenvalue weighted by Gasteiger charge is 2.58. The van der Waals surface area contributed by atoms with Crippen molar-refractivity contribution < 1.29 is 21.6 Å². The number of benzene rings is 1. The molecule has 0 saturated heterocycles. The molecule has 1 aromatic rings. The Morgan fingerprint density at radius 3 is 2.11 bits per heavy atom. The van der Waals surface area contributed by atoms with Gasteiger partial charge in [-0.15, -0.1) is 0 Å². The van der Waals surface area contributed by atoms with Crippen LogP contribution in [0.15, 0.2) is 17.0 Å². The lowest BCUT2D eigenvalue weighted by atomic mass is 10.2. The van der Waals surface area contributed by atoms with E-state index >= 15 is 0 Å². The molecular weight excluding hydrogens is 303 g/mol. The van der Waals surface area contributed by atoms with Crippen LogP contribution < -0.4 is 5.73 Å². The van der Waals surface area contributed by atoms with E-state index in [0.717, 1.165) is 0 Å². The molecule has 0 saturated carbocycles. The van der Waals surface area contributed by atoms with Crippen molar-refractivity contribution in [3.63, 3.8) is 0 Å². The van der Waals surface area contributed by atoms with Gasteiger partial charge < -0.3 is 5.73 Å². The van der Waals surface area contributed by atoms with Gasteiger partial charge in [0.25, 0.3) is 0 Å². The van der Waals surface area contributed by atoms with Gasteiger partial charge >= 0.3 is 6.18 Å².